The number of aryl methyl sites for hydroxylation is 1. The first-order chi connectivity index (χ1) is 7.86. The molecule has 0 saturated carbocycles. The van der Waals surface area contributed by atoms with Crippen molar-refractivity contribution in [2.45, 2.75) is 19.5 Å². The number of nitrogen functional groups attached to an aromatic ring is 1. The fraction of sp³-hybridized carbons (Fsp3) is 0.500. The van der Waals surface area contributed by atoms with Gasteiger partial charge in [0.25, 0.3) is 0 Å². The molecule has 0 spiro atoms. The lowest BCUT2D eigenvalue weighted by molar-refractivity contribution is -0.168. The van der Waals surface area contributed by atoms with Gasteiger partial charge in [-0.1, -0.05) is 0 Å². The molecule has 1 aliphatic heterocycles. The number of alkyl halides is 3. The minimum Gasteiger partial charge on any atom is -0.399 e. The van der Waals surface area contributed by atoms with E-state index >= 15 is 0 Å². The molecule has 1 aliphatic rings. The molecular weight excluding hydrogens is 229 g/mol. The number of halogens is 3. The van der Waals surface area contributed by atoms with Gasteiger partial charge in [0.05, 0.1) is 5.92 Å². The van der Waals surface area contributed by atoms with Crippen LogP contribution in [-0.4, -0.2) is 19.3 Å². The van der Waals surface area contributed by atoms with Crippen LogP contribution in [0.4, 0.5) is 24.5 Å². The molecule has 0 amide bonds. The zero-order valence-corrected chi connectivity index (χ0v) is 9.59. The van der Waals surface area contributed by atoms with Crippen molar-refractivity contribution in [3.05, 3.63) is 23.8 Å². The van der Waals surface area contributed by atoms with Crippen molar-refractivity contribution in [1.82, 2.24) is 0 Å². The molecule has 1 aromatic rings. The first-order valence-corrected chi connectivity index (χ1v) is 5.55. The zero-order valence-electron chi connectivity index (χ0n) is 9.59. The van der Waals surface area contributed by atoms with Gasteiger partial charge in [-0.25, -0.2) is 0 Å². The van der Waals surface area contributed by atoms with Crippen LogP contribution in [-0.2, 0) is 0 Å². The van der Waals surface area contributed by atoms with Crippen LogP contribution in [0.1, 0.15) is 12.0 Å². The summed E-state index contributed by atoms with van der Waals surface area (Å²) in [7, 11) is 0. The summed E-state index contributed by atoms with van der Waals surface area (Å²) in [5, 5.41) is 0. The predicted octanol–water partition coefficient (Wildman–Crippen LogP) is 2.97. The van der Waals surface area contributed by atoms with Crippen LogP contribution in [0.2, 0.25) is 0 Å². The minimum absolute atomic E-state index is 0.0341. The monoisotopic (exact) mass is 244 g/mol. The number of hydrogen-bond donors (Lipinski definition) is 1. The molecule has 1 heterocycles. The summed E-state index contributed by atoms with van der Waals surface area (Å²) >= 11 is 0. The van der Waals surface area contributed by atoms with Gasteiger partial charge in [0.15, 0.2) is 0 Å². The Labute approximate surface area is 98.2 Å². The molecule has 2 rings (SSSR count). The van der Waals surface area contributed by atoms with Crippen LogP contribution >= 0.6 is 0 Å². The average Bonchev–Trinajstić information content (AvgIpc) is 2.63. The molecule has 94 valence electrons. The Morgan fingerprint density at radius 3 is 2.53 bits per heavy atom. The summed E-state index contributed by atoms with van der Waals surface area (Å²) in [6, 6.07) is 5.40. The highest BCUT2D eigenvalue weighted by Gasteiger charge is 2.43. The quantitative estimate of drug-likeness (QED) is 0.769. The molecule has 1 unspecified atom stereocenters. The highest BCUT2D eigenvalue weighted by atomic mass is 19.4. The summed E-state index contributed by atoms with van der Waals surface area (Å²) in [6.45, 7) is 2.36. The van der Waals surface area contributed by atoms with E-state index in [4.69, 9.17) is 5.73 Å². The number of benzene rings is 1. The van der Waals surface area contributed by atoms with Gasteiger partial charge in [-0.3, -0.25) is 0 Å². The molecular formula is C12H15F3N2. The van der Waals surface area contributed by atoms with E-state index in [2.05, 4.69) is 0 Å². The van der Waals surface area contributed by atoms with Crippen LogP contribution < -0.4 is 10.6 Å². The number of hydrogen-bond acceptors (Lipinski definition) is 2. The maximum Gasteiger partial charge on any atom is 0.393 e. The topological polar surface area (TPSA) is 29.3 Å². The Morgan fingerprint density at radius 2 is 2.00 bits per heavy atom. The van der Waals surface area contributed by atoms with Crippen LogP contribution in [0.3, 0.4) is 0 Å². The Hall–Kier alpha value is -1.39. The van der Waals surface area contributed by atoms with Crippen molar-refractivity contribution >= 4 is 11.4 Å². The van der Waals surface area contributed by atoms with Crippen molar-refractivity contribution in [1.29, 1.82) is 0 Å². The summed E-state index contributed by atoms with van der Waals surface area (Å²) < 4.78 is 37.7. The largest absolute Gasteiger partial charge is 0.399 e. The first kappa shape index (κ1) is 12.1. The summed E-state index contributed by atoms with van der Waals surface area (Å²) in [5.41, 5.74) is 8.05. The van der Waals surface area contributed by atoms with E-state index in [0.717, 1.165) is 11.3 Å². The Balaban J connectivity index is 2.15. The van der Waals surface area contributed by atoms with Gasteiger partial charge in [0.1, 0.15) is 0 Å². The van der Waals surface area contributed by atoms with E-state index in [9.17, 15) is 13.2 Å². The normalized spacial score (nSPS) is 20.9. The van der Waals surface area contributed by atoms with E-state index in [0.29, 0.717) is 12.2 Å². The third-order valence-electron chi connectivity index (χ3n) is 3.10. The molecule has 0 aliphatic carbocycles. The maximum atomic E-state index is 12.6. The molecule has 1 aromatic carbocycles. The SMILES string of the molecule is Cc1cc(N)cc(N2CCC(C(F)(F)F)C2)c1. The second-order valence-electron chi connectivity index (χ2n) is 4.58. The fourth-order valence-electron chi connectivity index (χ4n) is 2.24. The molecule has 1 saturated heterocycles. The highest BCUT2D eigenvalue weighted by molar-refractivity contribution is 5.58. The van der Waals surface area contributed by atoms with Crippen molar-refractivity contribution in [3.8, 4) is 0 Å². The van der Waals surface area contributed by atoms with Gasteiger partial charge in [-0.15, -0.1) is 0 Å². The smallest absolute Gasteiger partial charge is 0.393 e. The van der Waals surface area contributed by atoms with E-state index < -0.39 is 12.1 Å². The van der Waals surface area contributed by atoms with Gasteiger partial charge in [0.2, 0.25) is 0 Å². The summed E-state index contributed by atoms with van der Waals surface area (Å²) in [5.74, 6) is -1.22. The summed E-state index contributed by atoms with van der Waals surface area (Å²) in [4.78, 5) is 1.75. The molecule has 2 N–H and O–H groups in total. The predicted molar refractivity (Wildman–Crippen MR) is 62.0 cm³/mol. The Kier molecular flexibility index (Phi) is 2.93. The van der Waals surface area contributed by atoms with E-state index in [-0.39, 0.29) is 13.0 Å². The minimum atomic E-state index is -4.09. The third kappa shape index (κ3) is 2.65. The van der Waals surface area contributed by atoms with E-state index in [1.807, 2.05) is 13.0 Å². The van der Waals surface area contributed by atoms with Crippen LogP contribution in [0.5, 0.6) is 0 Å². The molecule has 1 fully saturated rings. The van der Waals surface area contributed by atoms with Gasteiger partial charge < -0.3 is 10.6 Å². The lowest BCUT2D eigenvalue weighted by Gasteiger charge is -2.20. The Bertz CT molecular complexity index is 394. The second kappa shape index (κ2) is 4.13. The molecule has 0 aromatic heterocycles. The van der Waals surface area contributed by atoms with Gasteiger partial charge in [-0.05, 0) is 37.1 Å². The molecule has 0 bridgehead atoms. The van der Waals surface area contributed by atoms with Gasteiger partial charge >= 0.3 is 6.18 Å². The molecule has 0 radical (unpaired) electrons. The fourth-order valence-corrected chi connectivity index (χ4v) is 2.24. The number of rotatable bonds is 1. The standard InChI is InChI=1S/C12H15F3N2/c1-8-4-10(16)6-11(5-8)17-3-2-9(7-17)12(13,14)15/h4-6,9H,2-3,7,16H2,1H3. The molecule has 17 heavy (non-hydrogen) atoms. The van der Waals surface area contributed by atoms with Crippen molar-refractivity contribution in [2.75, 3.05) is 23.7 Å². The lowest BCUT2D eigenvalue weighted by atomic mass is 10.1. The third-order valence-corrected chi connectivity index (χ3v) is 3.10. The van der Waals surface area contributed by atoms with Crippen LogP contribution in [0, 0.1) is 12.8 Å². The highest BCUT2D eigenvalue weighted by Crippen LogP contribution is 2.35. The number of nitrogens with zero attached hydrogens (tertiary/aromatic N) is 1. The second-order valence-corrected chi connectivity index (χ2v) is 4.58. The van der Waals surface area contributed by atoms with Crippen molar-refractivity contribution < 1.29 is 13.2 Å². The van der Waals surface area contributed by atoms with E-state index in [1.165, 1.54) is 0 Å². The van der Waals surface area contributed by atoms with Gasteiger partial charge in [-0.2, -0.15) is 13.2 Å². The van der Waals surface area contributed by atoms with Crippen molar-refractivity contribution in [3.63, 3.8) is 0 Å². The average molecular weight is 244 g/mol. The zero-order chi connectivity index (χ0) is 12.6. The number of anilines is 2. The Morgan fingerprint density at radius 1 is 1.29 bits per heavy atom. The maximum absolute atomic E-state index is 12.6. The first-order valence-electron chi connectivity index (χ1n) is 5.55. The lowest BCUT2D eigenvalue weighted by Crippen LogP contribution is -2.27. The van der Waals surface area contributed by atoms with E-state index in [1.54, 1.807) is 17.0 Å². The molecule has 1 atom stereocenters. The molecule has 2 nitrogen and oxygen atoms in total. The molecule has 5 heteroatoms. The van der Waals surface area contributed by atoms with Crippen molar-refractivity contribution in [2.24, 2.45) is 5.92 Å². The van der Waals surface area contributed by atoms with Crippen LogP contribution in [0.25, 0.3) is 0 Å². The van der Waals surface area contributed by atoms with Gasteiger partial charge in [0, 0.05) is 24.5 Å². The van der Waals surface area contributed by atoms with Crippen LogP contribution in [0.15, 0.2) is 18.2 Å². The number of nitrogens with two attached hydrogens (primary N) is 1. The summed E-state index contributed by atoms with van der Waals surface area (Å²) in [6.07, 6.45) is -3.93.